The molecule has 8 nitrogen and oxygen atoms in total. The highest BCUT2D eigenvalue weighted by Gasteiger charge is 2.52. The van der Waals surface area contributed by atoms with Crippen molar-refractivity contribution < 1.29 is 24.6 Å². The molecule has 0 aromatic heterocycles. The third kappa shape index (κ3) is 4.61. The van der Waals surface area contributed by atoms with Crippen LogP contribution < -0.4 is 9.80 Å². The molecule has 200 valence electrons. The van der Waals surface area contributed by atoms with Crippen LogP contribution in [0.5, 0.6) is 0 Å². The van der Waals surface area contributed by atoms with Crippen molar-refractivity contribution >= 4 is 40.7 Å². The summed E-state index contributed by atoms with van der Waals surface area (Å²) in [6.45, 7) is 3.22. The van der Waals surface area contributed by atoms with Crippen molar-refractivity contribution in [1.29, 1.82) is 0 Å². The van der Waals surface area contributed by atoms with Gasteiger partial charge in [0.15, 0.2) is 5.60 Å². The molecule has 0 bridgehead atoms. The molecule has 0 saturated carbocycles. The minimum absolute atomic E-state index is 0.0509. The van der Waals surface area contributed by atoms with Gasteiger partial charge in [-0.05, 0) is 48.7 Å². The summed E-state index contributed by atoms with van der Waals surface area (Å²) in [5, 5.41) is 21.8. The summed E-state index contributed by atoms with van der Waals surface area (Å²) < 4.78 is 0. The number of fused-ring (bicyclic) bond motifs is 1. The van der Waals surface area contributed by atoms with Crippen molar-refractivity contribution in [3.63, 3.8) is 0 Å². The average Bonchev–Trinajstić information content (AvgIpc) is 3.46. The predicted octanol–water partition coefficient (Wildman–Crippen LogP) is 3.38. The number of rotatable bonds is 8. The van der Waals surface area contributed by atoms with Crippen LogP contribution >= 0.6 is 11.6 Å². The smallest absolute Gasteiger partial charge is 0.264 e. The van der Waals surface area contributed by atoms with E-state index in [1.807, 2.05) is 24.3 Å². The van der Waals surface area contributed by atoms with Crippen LogP contribution in [-0.2, 0) is 26.5 Å². The molecule has 0 unspecified atom stereocenters. The van der Waals surface area contributed by atoms with Gasteiger partial charge in [0.25, 0.3) is 5.91 Å². The lowest BCUT2D eigenvalue weighted by molar-refractivity contribution is -0.139. The molecule has 5 rings (SSSR count). The van der Waals surface area contributed by atoms with E-state index in [4.69, 9.17) is 11.6 Å². The second-order valence-corrected chi connectivity index (χ2v) is 10.7. The first-order valence-corrected chi connectivity index (χ1v) is 13.4. The molecule has 3 aliphatic heterocycles. The van der Waals surface area contributed by atoms with Crippen LogP contribution in [0.15, 0.2) is 54.6 Å². The average molecular weight is 538 g/mol. The highest BCUT2D eigenvalue weighted by atomic mass is 35.5. The minimum Gasteiger partial charge on any atom is -0.394 e. The van der Waals surface area contributed by atoms with Gasteiger partial charge in [-0.3, -0.25) is 14.4 Å². The van der Waals surface area contributed by atoms with E-state index in [-0.39, 0.29) is 37.4 Å². The van der Waals surface area contributed by atoms with Gasteiger partial charge >= 0.3 is 0 Å². The maximum Gasteiger partial charge on any atom is 0.264 e. The monoisotopic (exact) mass is 537 g/mol. The second-order valence-electron chi connectivity index (χ2n) is 10.3. The van der Waals surface area contributed by atoms with E-state index >= 15 is 0 Å². The van der Waals surface area contributed by atoms with Crippen molar-refractivity contribution in [3.05, 3.63) is 70.8 Å². The molecule has 2 saturated heterocycles. The Kier molecular flexibility index (Phi) is 7.31. The number of benzene rings is 2. The van der Waals surface area contributed by atoms with Crippen molar-refractivity contribution in [2.75, 3.05) is 29.5 Å². The molecule has 9 heteroatoms. The zero-order valence-corrected chi connectivity index (χ0v) is 22.1. The number of aliphatic hydroxyl groups excluding tert-OH is 1. The lowest BCUT2D eigenvalue weighted by atomic mass is 9.83. The number of nitrogens with zero attached hydrogens (tertiary/aromatic N) is 3. The number of hydrogen-bond acceptors (Lipinski definition) is 5. The summed E-state index contributed by atoms with van der Waals surface area (Å²) in [6, 6.07) is 12.4. The SMILES string of the molecule is C[C@@H](/C=C/CC(=O)N1CCC[C@H]1CO)[C@]1(O)C(=O)N(Cc2cccc(N3CCC3=O)c2)c2ccc(Cl)cc21. The topological polar surface area (TPSA) is 101 Å². The highest BCUT2D eigenvalue weighted by molar-refractivity contribution is 6.31. The molecule has 3 heterocycles. The quantitative estimate of drug-likeness (QED) is 0.397. The van der Waals surface area contributed by atoms with Crippen LogP contribution in [0.3, 0.4) is 0 Å². The van der Waals surface area contributed by atoms with Crippen LogP contribution in [0.2, 0.25) is 5.02 Å². The first-order chi connectivity index (χ1) is 18.2. The fourth-order valence-corrected chi connectivity index (χ4v) is 5.83. The third-order valence-electron chi connectivity index (χ3n) is 7.93. The van der Waals surface area contributed by atoms with E-state index < -0.39 is 17.4 Å². The van der Waals surface area contributed by atoms with Gasteiger partial charge < -0.3 is 24.9 Å². The van der Waals surface area contributed by atoms with Crippen molar-refractivity contribution in [2.24, 2.45) is 5.92 Å². The number of likely N-dealkylation sites (tertiary alicyclic amines) is 1. The zero-order chi connectivity index (χ0) is 27.0. The van der Waals surface area contributed by atoms with Crippen molar-refractivity contribution in [2.45, 2.75) is 50.8 Å². The molecule has 3 amide bonds. The van der Waals surface area contributed by atoms with E-state index in [0.29, 0.717) is 35.8 Å². The number of anilines is 2. The molecule has 2 N–H and O–H groups in total. The van der Waals surface area contributed by atoms with Gasteiger partial charge in [0.1, 0.15) is 0 Å². The molecule has 2 aromatic rings. The lowest BCUT2D eigenvalue weighted by Gasteiger charge is -2.31. The standard InChI is InChI=1S/C29H32ClN3O5/c1-19(5-2-9-26(35)31-13-4-8-23(31)18-34)29(38)24-16-21(30)10-11-25(24)33(28(29)37)17-20-6-3-7-22(15-20)32-14-12-27(32)36/h2-3,5-7,10-11,15-16,19,23,34,38H,4,8-9,12-14,17-18H2,1H3/b5-2+/t19-,23-,29+/m0/s1. The second kappa shape index (κ2) is 10.5. The molecule has 0 radical (unpaired) electrons. The third-order valence-corrected chi connectivity index (χ3v) is 8.16. The Bertz CT molecular complexity index is 1300. The molecule has 2 fully saturated rings. The van der Waals surface area contributed by atoms with Gasteiger partial charge in [-0.15, -0.1) is 0 Å². The van der Waals surface area contributed by atoms with Gasteiger partial charge in [0.2, 0.25) is 11.8 Å². The van der Waals surface area contributed by atoms with Gasteiger partial charge in [-0.1, -0.05) is 42.8 Å². The van der Waals surface area contributed by atoms with Gasteiger partial charge in [0.05, 0.1) is 24.9 Å². The maximum atomic E-state index is 13.8. The van der Waals surface area contributed by atoms with E-state index in [9.17, 15) is 24.6 Å². The van der Waals surface area contributed by atoms with E-state index in [1.54, 1.807) is 52.0 Å². The number of aliphatic hydroxyl groups is 2. The van der Waals surface area contributed by atoms with Crippen LogP contribution in [0.1, 0.15) is 43.7 Å². The van der Waals surface area contributed by atoms with Crippen molar-refractivity contribution in [1.82, 2.24) is 4.90 Å². The van der Waals surface area contributed by atoms with E-state index in [1.165, 1.54) is 0 Å². The summed E-state index contributed by atoms with van der Waals surface area (Å²) in [5.41, 5.74) is 0.767. The molecular formula is C29H32ClN3O5. The number of amides is 3. The minimum atomic E-state index is -1.86. The van der Waals surface area contributed by atoms with Gasteiger partial charge in [0, 0.05) is 48.1 Å². The summed E-state index contributed by atoms with van der Waals surface area (Å²) >= 11 is 6.28. The first-order valence-electron chi connectivity index (χ1n) is 13.0. The van der Waals surface area contributed by atoms with E-state index in [2.05, 4.69) is 0 Å². The number of carbonyl (C=O) groups is 3. The Balaban J connectivity index is 1.36. The normalized spacial score (nSPS) is 23.8. The molecule has 3 atom stereocenters. The van der Waals surface area contributed by atoms with Crippen LogP contribution in [-0.4, -0.2) is 58.6 Å². The molecule has 0 spiro atoms. The zero-order valence-electron chi connectivity index (χ0n) is 21.3. The van der Waals surface area contributed by atoms with Crippen LogP contribution in [0.4, 0.5) is 11.4 Å². The molecule has 2 aromatic carbocycles. The number of carbonyl (C=O) groups excluding carboxylic acids is 3. The van der Waals surface area contributed by atoms with Gasteiger partial charge in [-0.25, -0.2) is 0 Å². The summed E-state index contributed by atoms with van der Waals surface area (Å²) in [4.78, 5) is 43.3. The van der Waals surface area contributed by atoms with Crippen molar-refractivity contribution in [3.8, 4) is 0 Å². The first kappa shape index (κ1) is 26.4. The molecular weight excluding hydrogens is 506 g/mol. The Hall–Kier alpha value is -3.20. The van der Waals surface area contributed by atoms with Crippen LogP contribution in [0.25, 0.3) is 0 Å². The predicted molar refractivity (Wildman–Crippen MR) is 145 cm³/mol. The van der Waals surface area contributed by atoms with E-state index in [0.717, 1.165) is 24.1 Å². The highest BCUT2D eigenvalue weighted by Crippen LogP contribution is 2.46. The number of hydrogen-bond donors (Lipinski definition) is 2. The maximum absolute atomic E-state index is 13.8. The Morgan fingerprint density at radius 3 is 2.74 bits per heavy atom. The van der Waals surface area contributed by atoms with Crippen LogP contribution in [0, 0.1) is 5.92 Å². The fourth-order valence-electron chi connectivity index (χ4n) is 5.65. The molecule has 3 aliphatic rings. The number of halogens is 1. The number of β-lactam (4-membered cyclic amide) rings is 1. The lowest BCUT2D eigenvalue weighted by Crippen LogP contribution is -2.44. The molecule has 38 heavy (non-hydrogen) atoms. The fraction of sp³-hybridized carbons (Fsp3) is 0.414. The molecule has 0 aliphatic carbocycles. The Morgan fingerprint density at radius 2 is 2.03 bits per heavy atom. The summed E-state index contributed by atoms with van der Waals surface area (Å²) in [5.74, 6) is -1.12. The largest absolute Gasteiger partial charge is 0.394 e. The Labute approximate surface area is 227 Å². The summed E-state index contributed by atoms with van der Waals surface area (Å²) in [7, 11) is 0. The van der Waals surface area contributed by atoms with Gasteiger partial charge in [-0.2, -0.15) is 0 Å². The summed E-state index contributed by atoms with van der Waals surface area (Å²) in [6.07, 6.45) is 5.71. The Morgan fingerprint density at radius 1 is 1.21 bits per heavy atom.